The Balaban J connectivity index is 3.40. The minimum Gasteiger partial charge on any atom is -0.382 e. The molecule has 0 spiro atoms. The molecule has 0 saturated heterocycles. The van der Waals surface area contributed by atoms with Gasteiger partial charge in [-0.3, -0.25) is 0 Å². The topological polar surface area (TPSA) is 75.6 Å². The first-order valence-electron chi connectivity index (χ1n) is 3.16. The van der Waals surface area contributed by atoms with E-state index in [9.17, 15) is 0 Å². The highest BCUT2D eigenvalue weighted by molar-refractivity contribution is 5.50. The first kappa shape index (κ1) is 7.48. The Labute approximate surface area is 64.7 Å². The van der Waals surface area contributed by atoms with Crippen molar-refractivity contribution < 1.29 is 0 Å². The summed E-state index contributed by atoms with van der Waals surface area (Å²) in [6.45, 7) is 3.48. The summed E-state index contributed by atoms with van der Waals surface area (Å²) in [4.78, 5) is 7.84. The maximum Gasteiger partial charge on any atom is 0.145 e. The van der Waals surface area contributed by atoms with Crippen LogP contribution in [0.3, 0.4) is 0 Å². The normalized spacial score (nSPS) is 9.18. The van der Waals surface area contributed by atoms with Gasteiger partial charge in [-0.1, -0.05) is 0 Å². The van der Waals surface area contributed by atoms with Crippen LogP contribution in [0, 0.1) is 25.2 Å². The van der Waals surface area contributed by atoms with Crippen molar-refractivity contribution in [2.24, 2.45) is 0 Å². The third kappa shape index (κ3) is 1.27. The average Bonchev–Trinajstić information content (AvgIpc) is 1.85. The van der Waals surface area contributed by atoms with Gasteiger partial charge in [0.25, 0.3) is 0 Å². The van der Waals surface area contributed by atoms with Crippen LogP contribution in [0.2, 0.25) is 0 Å². The predicted molar refractivity (Wildman–Crippen MR) is 40.6 cm³/mol. The first-order chi connectivity index (χ1) is 5.15. The zero-order chi connectivity index (χ0) is 8.43. The highest BCUT2D eigenvalue weighted by atomic mass is 14.9. The lowest BCUT2D eigenvalue weighted by atomic mass is 10.2. The monoisotopic (exact) mass is 148 g/mol. The standard InChI is InChI=1S/C7H8N4/c1-4-6(3-8)7(9)11-5(2)10-4/h1-2H3,(H2,9,10,11). The van der Waals surface area contributed by atoms with Gasteiger partial charge in [-0.05, 0) is 13.8 Å². The summed E-state index contributed by atoms with van der Waals surface area (Å²) in [6.07, 6.45) is 0. The lowest BCUT2D eigenvalue weighted by molar-refractivity contribution is 1.01. The van der Waals surface area contributed by atoms with E-state index in [1.807, 2.05) is 6.07 Å². The van der Waals surface area contributed by atoms with Crippen LogP contribution in [-0.4, -0.2) is 9.97 Å². The van der Waals surface area contributed by atoms with Crippen molar-refractivity contribution in [3.8, 4) is 6.07 Å². The fourth-order valence-corrected chi connectivity index (χ4v) is 0.877. The van der Waals surface area contributed by atoms with Gasteiger partial charge >= 0.3 is 0 Å². The minimum absolute atomic E-state index is 0.262. The van der Waals surface area contributed by atoms with Crippen LogP contribution in [-0.2, 0) is 0 Å². The summed E-state index contributed by atoms with van der Waals surface area (Å²) in [5.41, 5.74) is 6.47. The van der Waals surface area contributed by atoms with Crippen molar-refractivity contribution in [1.82, 2.24) is 9.97 Å². The lowest BCUT2D eigenvalue weighted by Gasteiger charge is -2.00. The van der Waals surface area contributed by atoms with E-state index in [0.29, 0.717) is 17.1 Å². The van der Waals surface area contributed by atoms with E-state index in [-0.39, 0.29) is 5.82 Å². The van der Waals surface area contributed by atoms with E-state index in [0.717, 1.165) is 0 Å². The summed E-state index contributed by atoms with van der Waals surface area (Å²) in [7, 11) is 0. The highest BCUT2D eigenvalue weighted by Crippen LogP contribution is 2.09. The van der Waals surface area contributed by atoms with Crippen LogP contribution < -0.4 is 5.73 Å². The predicted octanol–water partition coefficient (Wildman–Crippen LogP) is 0.547. The third-order valence-electron chi connectivity index (χ3n) is 1.34. The molecular formula is C7H8N4. The number of nitrogen functional groups attached to an aromatic ring is 1. The number of rotatable bonds is 0. The van der Waals surface area contributed by atoms with Crippen LogP contribution in [0.4, 0.5) is 5.82 Å². The summed E-state index contributed by atoms with van der Waals surface area (Å²) in [5, 5.41) is 8.58. The molecule has 1 rings (SSSR count). The number of nitrogens with two attached hydrogens (primary N) is 1. The van der Waals surface area contributed by atoms with Gasteiger partial charge in [0.2, 0.25) is 0 Å². The Hall–Kier alpha value is -1.63. The second-order valence-electron chi connectivity index (χ2n) is 2.23. The molecule has 2 N–H and O–H groups in total. The molecule has 0 saturated carbocycles. The zero-order valence-corrected chi connectivity index (χ0v) is 6.42. The molecule has 0 unspecified atom stereocenters. The SMILES string of the molecule is Cc1nc(C)c(C#N)c(N)n1. The van der Waals surface area contributed by atoms with Gasteiger partial charge in [0.05, 0.1) is 5.69 Å². The first-order valence-corrected chi connectivity index (χ1v) is 3.16. The van der Waals surface area contributed by atoms with Crippen LogP contribution in [0.15, 0.2) is 0 Å². The van der Waals surface area contributed by atoms with Crippen LogP contribution in [0.1, 0.15) is 17.1 Å². The van der Waals surface area contributed by atoms with E-state index in [1.165, 1.54) is 0 Å². The largest absolute Gasteiger partial charge is 0.382 e. The molecule has 0 radical (unpaired) electrons. The number of aromatic nitrogens is 2. The molecular weight excluding hydrogens is 140 g/mol. The number of aryl methyl sites for hydroxylation is 2. The summed E-state index contributed by atoms with van der Waals surface area (Å²) in [6, 6.07) is 1.94. The fourth-order valence-electron chi connectivity index (χ4n) is 0.877. The van der Waals surface area contributed by atoms with Gasteiger partial charge in [0.1, 0.15) is 23.3 Å². The maximum absolute atomic E-state index is 8.58. The second-order valence-corrected chi connectivity index (χ2v) is 2.23. The molecule has 1 aromatic heterocycles. The van der Waals surface area contributed by atoms with E-state index in [1.54, 1.807) is 13.8 Å². The molecule has 1 aromatic rings. The Morgan fingerprint density at radius 3 is 2.45 bits per heavy atom. The van der Waals surface area contributed by atoms with Crippen LogP contribution in [0.25, 0.3) is 0 Å². The molecule has 0 aliphatic carbocycles. The van der Waals surface area contributed by atoms with Gasteiger partial charge < -0.3 is 5.73 Å². The number of nitrogens with zero attached hydrogens (tertiary/aromatic N) is 3. The van der Waals surface area contributed by atoms with Crippen molar-refractivity contribution >= 4 is 5.82 Å². The quantitative estimate of drug-likeness (QED) is 0.582. The van der Waals surface area contributed by atoms with Gasteiger partial charge in [-0.15, -0.1) is 0 Å². The lowest BCUT2D eigenvalue weighted by Crippen LogP contribution is -2.02. The summed E-state index contributed by atoms with van der Waals surface area (Å²) < 4.78 is 0. The smallest absolute Gasteiger partial charge is 0.145 e. The van der Waals surface area contributed by atoms with Crippen molar-refractivity contribution in [1.29, 1.82) is 5.26 Å². The average molecular weight is 148 g/mol. The number of hydrogen-bond donors (Lipinski definition) is 1. The number of hydrogen-bond acceptors (Lipinski definition) is 4. The van der Waals surface area contributed by atoms with E-state index >= 15 is 0 Å². The molecule has 11 heavy (non-hydrogen) atoms. The molecule has 1 heterocycles. The van der Waals surface area contributed by atoms with Crippen molar-refractivity contribution in [2.45, 2.75) is 13.8 Å². The summed E-state index contributed by atoms with van der Waals surface area (Å²) in [5.74, 6) is 0.858. The van der Waals surface area contributed by atoms with Gasteiger partial charge in [0, 0.05) is 0 Å². The number of anilines is 1. The Kier molecular flexibility index (Phi) is 1.73. The maximum atomic E-state index is 8.58. The Morgan fingerprint density at radius 2 is 2.00 bits per heavy atom. The molecule has 0 atom stereocenters. The molecule has 0 aliphatic rings. The van der Waals surface area contributed by atoms with Crippen molar-refractivity contribution in [3.05, 3.63) is 17.1 Å². The highest BCUT2D eigenvalue weighted by Gasteiger charge is 2.04. The summed E-state index contributed by atoms with van der Waals surface area (Å²) >= 11 is 0. The van der Waals surface area contributed by atoms with Crippen LogP contribution in [0.5, 0.6) is 0 Å². The Bertz CT molecular complexity index is 301. The molecule has 56 valence electrons. The third-order valence-corrected chi connectivity index (χ3v) is 1.34. The second kappa shape index (κ2) is 2.54. The molecule has 0 fully saturated rings. The fraction of sp³-hybridized carbons (Fsp3) is 0.286. The van der Waals surface area contributed by atoms with Gasteiger partial charge in [0.15, 0.2) is 0 Å². The van der Waals surface area contributed by atoms with Gasteiger partial charge in [-0.2, -0.15) is 5.26 Å². The molecule has 0 aliphatic heterocycles. The molecule has 0 bridgehead atoms. The van der Waals surface area contributed by atoms with Crippen molar-refractivity contribution in [3.63, 3.8) is 0 Å². The molecule has 0 amide bonds. The number of nitriles is 1. The van der Waals surface area contributed by atoms with Crippen molar-refractivity contribution in [2.75, 3.05) is 5.73 Å². The van der Waals surface area contributed by atoms with E-state index < -0.39 is 0 Å². The zero-order valence-electron chi connectivity index (χ0n) is 6.42. The van der Waals surface area contributed by atoms with E-state index in [2.05, 4.69) is 9.97 Å². The Morgan fingerprint density at radius 1 is 1.36 bits per heavy atom. The van der Waals surface area contributed by atoms with E-state index in [4.69, 9.17) is 11.0 Å². The molecule has 4 heteroatoms. The van der Waals surface area contributed by atoms with Crippen LogP contribution >= 0.6 is 0 Å². The minimum atomic E-state index is 0.262. The molecule has 4 nitrogen and oxygen atoms in total. The molecule has 0 aromatic carbocycles. The van der Waals surface area contributed by atoms with Gasteiger partial charge in [-0.25, -0.2) is 9.97 Å².